The zero-order valence-corrected chi connectivity index (χ0v) is 14.1. The van der Waals surface area contributed by atoms with Crippen LogP contribution in [0.15, 0.2) is 24.3 Å². The van der Waals surface area contributed by atoms with Crippen LogP contribution in [0, 0.1) is 0 Å². The molecule has 1 N–H and O–H groups in total. The molecule has 0 spiro atoms. The van der Waals surface area contributed by atoms with Crippen molar-refractivity contribution in [1.82, 2.24) is 10.2 Å². The van der Waals surface area contributed by atoms with Crippen molar-refractivity contribution in [2.45, 2.75) is 24.8 Å². The van der Waals surface area contributed by atoms with Crippen molar-refractivity contribution >= 4 is 24.8 Å². The first kappa shape index (κ1) is 23.3. The van der Waals surface area contributed by atoms with Gasteiger partial charge in [-0.2, -0.15) is 26.3 Å². The average molecular weight is 399 g/mol. The summed E-state index contributed by atoms with van der Waals surface area (Å²) < 4.78 is 77.8. The monoisotopic (exact) mass is 398 g/mol. The molecule has 2 nitrogen and oxygen atoms in total. The Kier molecular flexibility index (Phi) is 8.86. The smallest absolute Gasteiger partial charge is 0.314 e. The Hall–Kier alpha value is -0.700. The molecule has 0 aromatic heterocycles. The van der Waals surface area contributed by atoms with Crippen LogP contribution in [0.25, 0.3) is 0 Å². The van der Waals surface area contributed by atoms with Crippen molar-refractivity contribution in [3.63, 3.8) is 0 Å². The van der Waals surface area contributed by atoms with Crippen LogP contribution in [0.2, 0.25) is 0 Å². The summed E-state index contributed by atoms with van der Waals surface area (Å²) in [7, 11) is 0. The zero-order chi connectivity index (χ0) is 16.4. The first-order valence-corrected chi connectivity index (χ1v) is 6.86. The van der Waals surface area contributed by atoms with Crippen molar-refractivity contribution in [2.75, 3.05) is 26.2 Å². The zero-order valence-electron chi connectivity index (χ0n) is 12.5. The van der Waals surface area contributed by atoms with Gasteiger partial charge in [0.15, 0.2) is 0 Å². The second-order valence-corrected chi connectivity index (χ2v) is 5.21. The van der Waals surface area contributed by atoms with Crippen LogP contribution in [0.3, 0.4) is 0 Å². The molecule has 0 unspecified atom stereocenters. The van der Waals surface area contributed by atoms with E-state index in [1.165, 1.54) is 17.0 Å². The lowest BCUT2D eigenvalue weighted by Gasteiger charge is -2.36. The number of benzene rings is 1. The van der Waals surface area contributed by atoms with E-state index >= 15 is 0 Å². The van der Waals surface area contributed by atoms with E-state index in [0.29, 0.717) is 13.1 Å². The summed E-state index contributed by atoms with van der Waals surface area (Å²) >= 11 is 0. The van der Waals surface area contributed by atoms with Gasteiger partial charge in [0, 0.05) is 32.2 Å². The van der Waals surface area contributed by atoms with Gasteiger partial charge in [0.25, 0.3) is 0 Å². The molecule has 1 aliphatic rings. The number of hydrogen-bond donors (Lipinski definition) is 1. The number of nitrogens with one attached hydrogen (secondary N) is 1. The number of piperazine rings is 1. The Balaban J connectivity index is 0.00000264. The number of hydrogen-bond acceptors (Lipinski definition) is 2. The first-order valence-electron chi connectivity index (χ1n) is 6.86. The maximum Gasteiger partial charge on any atom is 0.416 e. The highest BCUT2D eigenvalue weighted by atomic mass is 35.5. The van der Waals surface area contributed by atoms with E-state index in [1.54, 1.807) is 0 Å². The second-order valence-electron chi connectivity index (χ2n) is 5.21. The fourth-order valence-electron chi connectivity index (χ4n) is 2.69. The lowest BCUT2D eigenvalue weighted by atomic mass is 9.95. The van der Waals surface area contributed by atoms with E-state index < -0.39 is 30.4 Å². The van der Waals surface area contributed by atoms with E-state index in [-0.39, 0.29) is 43.5 Å². The van der Waals surface area contributed by atoms with Crippen LogP contribution in [0.5, 0.6) is 0 Å². The van der Waals surface area contributed by atoms with Crippen molar-refractivity contribution in [3.05, 3.63) is 35.4 Å². The van der Waals surface area contributed by atoms with Crippen LogP contribution in [-0.2, 0) is 6.18 Å². The molecule has 10 heteroatoms. The predicted molar refractivity (Wildman–Crippen MR) is 83.8 cm³/mol. The van der Waals surface area contributed by atoms with Gasteiger partial charge < -0.3 is 5.32 Å². The highest BCUT2D eigenvalue weighted by Gasteiger charge is 2.41. The van der Waals surface area contributed by atoms with Gasteiger partial charge in [-0.25, -0.2) is 0 Å². The maximum absolute atomic E-state index is 13.1. The van der Waals surface area contributed by atoms with Gasteiger partial charge in [0.1, 0.15) is 0 Å². The topological polar surface area (TPSA) is 15.3 Å². The van der Waals surface area contributed by atoms with Crippen molar-refractivity contribution in [2.24, 2.45) is 0 Å². The molecule has 2 rings (SSSR count). The minimum absolute atomic E-state index is 0. The van der Waals surface area contributed by atoms with Crippen molar-refractivity contribution < 1.29 is 26.3 Å². The molecule has 0 aliphatic carbocycles. The third kappa shape index (κ3) is 6.31. The Morgan fingerprint density at radius 1 is 0.958 bits per heavy atom. The molecular formula is C14H18Cl2F6N2. The standard InChI is InChI=1S/C14H16F6N2.2ClH/c15-13(16,17)9-12(22-7-5-21-6-8-22)10-3-1-2-4-11(10)14(18,19)20;;/h1-4,12,21H,5-9H2;2*1H/t12-;;/m0../s1. The number of nitrogens with zero attached hydrogens (tertiary/aromatic N) is 1. The van der Waals surface area contributed by atoms with Crippen LogP contribution in [0.1, 0.15) is 23.6 Å². The summed E-state index contributed by atoms with van der Waals surface area (Å²) in [5.41, 5.74) is -1.31. The van der Waals surface area contributed by atoms with Crippen molar-refractivity contribution in [1.29, 1.82) is 0 Å². The highest BCUT2D eigenvalue weighted by molar-refractivity contribution is 5.85. The molecular weight excluding hydrogens is 381 g/mol. The Labute approximate surface area is 148 Å². The molecule has 1 heterocycles. The average Bonchev–Trinajstić information content (AvgIpc) is 2.44. The summed E-state index contributed by atoms with van der Waals surface area (Å²) in [5.74, 6) is 0. The first-order chi connectivity index (χ1) is 10.2. The van der Waals surface area contributed by atoms with E-state index in [2.05, 4.69) is 5.32 Å². The minimum atomic E-state index is -4.67. The van der Waals surface area contributed by atoms with Gasteiger partial charge >= 0.3 is 12.4 Å². The van der Waals surface area contributed by atoms with E-state index in [1.807, 2.05) is 0 Å². The number of rotatable bonds is 3. The normalized spacial score (nSPS) is 17.6. The van der Waals surface area contributed by atoms with Crippen LogP contribution < -0.4 is 5.32 Å². The summed E-state index contributed by atoms with van der Waals surface area (Å²) in [6, 6.07) is 3.19. The van der Waals surface area contributed by atoms with Gasteiger partial charge in [-0.3, -0.25) is 4.90 Å². The molecule has 0 bridgehead atoms. The Morgan fingerprint density at radius 2 is 1.50 bits per heavy atom. The lowest BCUT2D eigenvalue weighted by Crippen LogP contribution is -2.46. The third-order valence-corrected chi connectivity index (χ3v) is 3.64. The van der Waals surface area contributed by atoms with Gasteiger partial charge in [0.2, 0.25) is 0 Å². The Morgan fingerprint density at radius 3 is 2.00 bits per heavy atom. The van der Waals surface area contributed by atoms with Crippen LogP contribution in [-0.4, -0.2) is 37.3 Å². The molecule has 24 heavy (non-hydrogen) atoms. The summed E-state index contributed by atoms with van der Waals surface area (Å²) in [5, 5.41) is 2.98. The molecule has 0 amide bonds. The van der Waals surface area contributed by atoms with Gasteiger partial charge in [-0.15, -0.1) is 24.8 Å². The molecule has 1 aliphatic heterocycles. The highest BCUT2D eigenvalue weighted by Crippen LogP contribution is 2.40. The second kappa shape index (κ2) is 9.12. The van der Waals surface area contributed by atoms with Crippen LogP contribution >= 0.6 is 24.8 Å². The van der Waals surface area contributed by atoms with Crippen LogP contribution in [0.4, 0.5) is 26.3 Å². The molecule has 0 saturated carbocycles. The van der Waals surface area contributed by atoms with E-state index in [0.717, 1.165) is 12.1 Å². The SMILES string of the molecule is Cl.Cl.FC(F)(F)C[C@@H](c1ccccc1C(F)(F)F)N1CCNCC1. The molecule has 1 atom stereocenters. The Bertz CT molecular complexity index is 501. The van der Waals surface area contributed by atoms with Gasteiger partial charge in [-0.05, 0) is 11.6 Å². The fraction of sp³-hybridized carbons (Fsp3) is 0.571. The quantitative estimate of drug-likeness (QED) is 0.756. The molecule has 1 aromatic carbocycles. The number of halogens is 8. The molecule has 140 valence electrons. The van der Waals surface area contributed by atoms with Crippen molar-refractivity contribution in [3.8, 4) is 0 Å². The lowest BCUT2D eigenvalue weighted by molar-refractivity contribution is -0.153. The molecule has 0 radical (unpaired) electrons. The number of alkyl halides is 6. The molecule has 1 saturated heterocycles. The third-order valence-electron chi connectivity index (χ3n) is 3.64. The van der Waals surface area contributed by atoms with E-state index in [9.17, 15) is 26.3 Å². The predicted octanol–water partition coefficient (Wildman–Crippen LogP) is 4.45. The molecule has 1 aromatic rings. The van der Waals surface area contributed by atoms with Gasteiger partial charge in [0.05, 0.1) is 12.0 Å². The molecule has 1 fully saturated rings. The maximum atomic E-state index is 13.1. The minimum Gasteiger partial charge on any atom is -0.314 e. The fourth-order valence-corrected chi connectivity index (χ4v) is 2.69. The largest absolute Gasteiger partial charge is 0.416 e. The summed E-state index contributed by atoms with van der Waals surface area (Å²) in [4.78, 5) is 1.47. The summed E-state index contributed by atoms with van der Waals surface area (Å²) in [6.45, 7) is 1.49. The van der Waals surface area contributed by atoms with E-state index in [4.69, 9.17) is 0 Å². The summed E-state index contributed by atoms with van der Waals surface area (Å²) in [6.07, 6.45) is -10.5. The van der Waals surface area contributed by atoms with Gasteiger partial charge in [-0.1, -0.05) is 18.2 Å².